The SMILES string of the molecule is CCN(CC)CCN(CCNC1CCCCCCCCCCC1)CCN(CC)CC. The lowest BCUT2D eigenvalue weighted by atomic mass is 9.98. The Kier molecular flexibility index (Phi) is 18.1. The third kappa shape index (κ3) is 14.0. The second-order valence-electron chi connectivity index (χ2n) is 9.31. The molecule has 0 aliphatic heterocycles. The van der Waals surface area contributed by atoms with E-state index in [-0.39, 0.29) is 0 Å². The number of nitrogens with one attached hydrogen (secondary N) is 1. The van der Waals surface area contributed by atoms with Crippen LogP contribution in [0.1, 0.15) is 98.3 Å². The van der Waals surface area contributed by atoms with E-state index in [1.807, 2.05) is 0 Å². The van der Waals surface area contributed by atoms with Gasteiger partial charge in [-0.1, -0.05) is 85.5 Å². The first-order valence-electron chi connectivity index (χ1n) is 13.6. The Morgan fingerprint density at radius 1 is 0.500 bits per heavy atom. The van der Waals surface area contributed by atoms with Crippen LogP contribution in [0.3, 0.4) is 0 Å². The Morgan fingerprint density at radius 2 is 0.867 bits per heavy atom. The molecule has 30 heavy (non-hydrogen) atoms. The van der Waals surface area contributed by atoms with Crippen molar-refractivity contribution < 1.29 is 0 Å². The minimum Gasteiger partial charge on any atom is -0.313 e. The van der Waals surface area contributed by atoms with E-state index in [1.54, 1.807) is 0 Å². The van der Waals surface area contributed by atoms with Crippen LogP contribution in [-0.2, 0) is 0 Å². The third-order valence-electron chi connectivity index (χ3n) is 7.22. The first kappa shape index (κ1) is 27.9. The maximum Gasteiger partial charge on any atom is 0.0110 e. The highest BCUT2D eigenvalue weighted by Crippen LogP contribution is 2.16. The molecule has 1 saturated carbocycles. The molecular weight excluding hydrogens is 368 g/mol. The van der Waals surface area contributed by atoms with Crippen LogP contribution in [0.15, 0.2) is 0 Å². The van der Waals surface area contributed by atoms with Gasteiger partial charge in [-0.2, -0.15) is 0 Å². The summed E-state index contributed by atoms with van der Waals surface area (Å²) >= 11 is 0. The fourth-order valence-corrected chi connectivity index (χ4v) is 4.77. The monoisotopic (exact) mass is 424 g/mol. The van der Waals surface area contributed by atoms with E-state index >= 15 is 0 Å². The van der Waals surface area contributed by atoms with Crippen LogP contribution in [0.5, 0.6) is 0 Å². The van der Waals surface area contributed by atoms with Crippen molar-refractivity contribution in [1.29, 1.82) is 0 Å². The first-order valence-corrected chi connectivity index (χ1v) is 13.6. The fourth-order valence-electron chi connectivity index (χ4n) is 4.77. The van der Waals surface area contributed by atoms with Crippen molar-refractivity contribution in [2.45, 2.75) is 104 Å². The zero-order valence-electron chi connectivity index (χ0n) is 21.3. The number of nitrogens with zero attached hydrogens (tertiary/aromatic N) is 3. The highest BCUT2D eigenvalue weighted by atomic mass is 15.2. The lowest BCUT2D eigenvalue weighted by Crippen LogP contribution is -2.43. The van der Waals surface area contributed by atoms with E-state index in [2.05, 4.69) is 47.7 Å². The molecule has 0 saturated heterocycles. The molecule has 1 rings (SSSR count). The lowest BCUT2D eigenvalue weighted by molar-refractivity contribution is 0.184. The average Bonchev–Trinajstić information content (AvgIpc) is 2.76. The van der Waals surface area contributed by atoms with Crippen LogP contribution in [0, 0.1) is 0 Å². The van der Waals surface area contributed by atoms with E-state index in [1.165, 1.54) is 130 Å². The minimum atomic E-state index is 0.747. The second kappa shape index (κ2) is 19.5. The maximum absolute atomic E-state index is 3.97. The summed E-state index contributed by atoms with van der Waals surface area (Å²) in [6, 6.07) is 0.747. The number of likely N-dealkylation sites (N-methyl/N-ethyl adjacent to an activating group) is 2. The summed E-state index contributed by atoms with van der Waals surface area (Å²) in [6.07, 6.45) is 15.8. The van der Waals surface area contributed by atoms with E-state index in [0.717, 1.165) is 12.6 Å². The Labute approximate surface area is 190 Å². The first-order chi connectivity index (χ1) is 14.7. The van der Waals surface area contributed by atoms with Crippen molar-refractivity contribution in [3.63, 3.8) is 0 Å². The normalized spacial score (nSPS) is 18.1. The highest BCUT2D eigenvalue weighted by molar-refractivity contribution is 4.71. The van der Waals surface area contributed by atoms with E-state index in [4.69, 9.17) is 0 Å². The Bertz CT molecular complexity index is 327. The summed E-state index contributed by atoms with van der Waals surface area (Å²) in [4.78, 5) is 7.83. The molecule has 0 amide bonds. The van der Waals surface area contributed by atoms with Gasteiger partial charge in [0.1, 0.15) is 0 Å². The molecule has 0 heterocycles. The lowest BCUT2D eigenvalue weighted by Gasteiger charge is -2.29. The molecule has 1 aliphatic rings. The molecule has 1 fully saturated rings. The van der Waals surface area contributed by atoms with Crippen LogP contribution in [0.25, 0.3) is 0 Å². The van der Waals surface area contributed by atoms with Gasteiger partial charge in [0.2, 0.25) is 0 Å². The van der Waals surface area contributed by atoms with Crippen LogP contribution in [-0.4, -0.2) is 86.2 Å². The van der Waals surface area contributed by atoms with Gasteiger partial charge in [0.15, 0.2) is 0 Å². The number of rotatable bonds is 14. The minimum absolute atomic E-state index is 0.747. The van der Waals surface area contributed by atoms with Crippen molar-refractivity contribution >= 4 is 0 Å². The van der Waals surface area contributed by atoms with E-state index in [0.29, 0.717) is 0 Å². The summed E-state index contributed by atoms with van der Waals surface area (Å²) in [5.74, 6) is 0. The molecular formula is C26H56N4. The molecule has 0 radical (unpaired) electrons. The smallest absolute Gasteiger partial charge is 0.0110 e. The van der Waals surface area contributed by atoms with Crippen LogP contribution in [0.4, 0.5) is 0 Å². The largest absolute Gasteiger partial charge is 0.313 e. The summed E-state index contributed by atoms with van der Waals surface area (Å²) in [7, 11) is 0. The Morgan fingerprint density at radius 3 is 1.27 bits per heavy atom. The zero-order chi connectivity index (χ0) is 21.9. The van der Waals surface area contributed by atoms with Gasteiger partial charge in [-0.05, 0) is 39.0 Å². The Balaban J connectivity index is 2.44. The predicted octanol–water partition coefficient (Wildman–Crippen LogP) is 5.23. The van der Waals surface area contributed by atoms with Crippen molar-refractivity contribution in [1.82, 2.24) is 20.0 Å². The molecule has 1 N–H and O–H groups in total. The molecule has 180 valence electrons. The number of hydrogen-bond donors (Lipinski definition) is 1. The molecule has 1 aliphatic carbocycles. The summed E-state index contributed by atoms with van der Waals surface area (Å²) in [6.45, 7) is 21.0. The zero-order valence-corrected chi connectivity index (χ0v) is 21.3. The van der Waals surface area contributed by atoms with E-state index < -0.39 is 0 Å². The van der Waals surface area contributed by atoms with Gasteiger partial charge < -0.3 is 15.1 Å². The quantitative estimate of drug-likeness (QED) is 0.412. The summed E-state index contributed by atoms with van der Waals surface area (Å²) in [5.41, 5.74) is 0. The molecule has 0 bridgehead atoms. The molecule has 4 nitrogen and oxygen atoms in total. The van der Waals surface area contributed by atoms with Gasteiger partial charge in [0, 0.05) is 45.3 Å². The predicted molar refractivity (Wildman–Crippen MR) is 135 cm³/mol. The summed E-state index contributed by atoms with van der Waals surface area (Å²) in [5, 5.41) is 3.97. The number of hydrogen-bond acceptors (Lipinski definition) is 4. The molecule has 0 spiro atoms. The van der Waals surface area contributed by atoms with Crippen molar-refractivity contribution in [3.05, 3.63) is 0 Å². The van der Waals surface area contributed by atoms with Gasteiger partial charge in [0.25, 0.3) is 0 Å². The Hall–Kier alpha value is -0.160. The van der Waals surface area contributed by atoms with Crippen LogP contribution in [0.2, 0.25) is 0 Å². The third-order valence-corrected chi connectivity index (χ3v) is 7.22. The van der Waals surface area contributed by atoms with Crippen molar-refractivity contribution in [2.24, 2.45) is 0 Å². The average molecular weight is 425 g/mol. The maximum atomic E-state index is 3.97. The standard InChI is InChI=1S/C26H56N4/c1-5-28(6-2)22-24-30(25-23-29(7-3)8-4)21-20-27-26-18-16-14-12-10-9-11-13-15-17-19-26/h26-27H,5-25H2,1-4H3. The van der Waals surface area contributed by atoms with E-state index in [9.17, 15) is 0 Å². The highest BCUT2D eigenvalue weighted by Gasteiger charge is 2.12. The molecule has 0 atom stereocenters. The van der Waals surface area contributed by atoms with Gasteiger partial charge in [-0.25, -0.2) is 0 Å². The van der Waals surface area contributed by atoms with Gasteiger partial charge in [-0.3, -0.25) is 4.90 Å². The van der Waals surface area contributed by atoms with Crippen molar-refractivity contribution in [2.75, 3.05) is 65.4 Å². The van der Waals surface area contributed by atoms with Gasteiger partial charge in [0.05, 0.1) is 0 Å². The van der Waals surface area contributed by atoms with Crippen LogP contribution < -0.4 is 5.32 Å². The molecule has 0 unspecified atom stereocenters. The second-order valence-corrected chi connectivity index (χ2v) is 9.31. The van der Waals surface area contributed by atoms with Gasteiger partial charge in [-0.15, -0.1) is 0 Å². The summed E-state index contributed by atoms with van der Waals surface area (Å²) < 4.78 is 0. The molecule has 4 heteroatoms. The molecule has 0 aromatic rings. The molecule has 0 aromatic heterocycles. The topological polar surface area (TPSA) is 21.8 Å². The fraction of sp³-hybridized carbons (Fsp3) is 1.00. The molecule has 0 aromatic carbocycles. The van der Waals surface area contributed by atoms with Gasteiger partial charge >= 0.3 is 0 Å². The van der Waals surface area contributed by atoms with Crippen LogP contribution >= 0.6 is 0 Å². The van der Waals surface area contributed by atoms with Crippen molar-refractivity contribution in [3.8, 4) is 0 Å².